The smallest absolute Gasteiger partial charge is 0.0709 e. The summed E-state index contributed by atoms with van der Waals surface area (Å²) >= 11 is 0. The molecule has 0 aliphatic heterocycles. The summed E-state index contributed by atoms with van der Waals surface area (Å²) in [5.41, 5.74) is 7.38. The maximum Gasteiger partial charge on any atom is 0.0709 e. The molecule has 3 aromatic rings. The highest BCUT2D eigenvalue weighted by atomic mass is 14.7. The van der Waals surface area contributed by atoms with Gasteiger partial charge in [-0.1, -0.05) is 82.0 Å². The van der Waals surface area contributed by atoms with Gasteiger partial charge in [0.1, 0.15) is 0 Å². The highest BCUT2D eigenvalue weighted by Crippen LogP contribution is 2.25. The molecule has 0 spiro atoms. The standard InChI is InChI=1S/C27H33N/c1-3-5-7-12-22-14-9-16-24(20-22)26-18-11-19-27(28-26)25-17-10-15-23(21-25)13-8-6-4-2/h9-11,14-21H,3-8,12-13H2,1-2H3. The zero-order valence-corrected chi connectivity index (χ0v) is 17.5. The summed E-state index contributed by atoms with van der Waals surface area (Å²) in [4.78, 5) is 4.99. The van der Waals surface area contributed by atoms with Crippen molar-refractivity contribution in [2.45, 2.75) is 65.2 Å². The lowest BCUT2D eigenvalue weighted by Gasteiger charge is -2.09. The summed E-state index contributed by atoms with van der Waals surface area (Å²) < 4.78 is 0. The van der Waals surface area contributed by atoms with Gasteiger partial charge < -0.3 is 0 Å². The first kappa shape index (κ1) is 20.3. The first-order chi connectivity index (χ1) is 13.8. The average Bonchev–Trinajstić information content (AvgIpc) is 2.75. The van der Waals surface area contributed by atoms with Crippen LogP contribution in [0.2, 0.25) is 0 Å². The number of hydrogen-bond donors (Lipinski definition) is 0. The molecule has 3 rings (SSSR count). The molecule has 28 heavy (non-hydrogen) atoms. The number of hydrogen-bond acceptors (Lipinski definition) is 1. The second-order valence-electron chi connectivity index (χ2n) is 7.72. The molecule has 0 aliphatic carbocycles. The van der Waals surface area contributed by atoms with Crippen LogP contribution in [0.4, 0.5) is 0 Å². The Hall–Kier alpha value is -2.41. The zero-order valence-electron chi connectivity index (χ0n) is 17.5. The van der Waals surface area contributed by atoms with Crippen molar-refractivity contribution in [3.8, 4) is 22.5 Å². The van der Waals surface area contributed by atoms with Crippen LogP contribution in [0.25, 0.3) is 22.5 Å². The molecule has 0 atom stereocenters. The minimum atomic E-state index is 1.06. The van der Waals surface area contributed by atoms with E-state index in [1.165, 1.54) is 60.8 Å². The zero-order chi connectivity index (χ0) is 19.6. The van der Waals surface area contributed by atoms with Crippen molar-refractivity contribution in [3.63, 3.8) is 0 Å². The van der Waals surface area contributed by atoms with Crippen LogP contribution in [0.1, 0.15) is 63.5 Å². The lowest BCUT2D eigenvalue weighted by Crippen LogP contribution is -1.92. The summed E-state index contributed by atoms with van der Waals surface area (Å²) in [6.07, 6.45) is 9.96. The Balaban J connectivity index is 1.79. The average molecular weight is 372 g/mol. The molecule has 0 amide bonds. The third-order valence-electron chi connectivity index (χ3n) is 5.33. The normalized spacial score (nSPS) is 10.9. The Morgan fingerprint density at radius 1 is 0.571 bits per heavy atom. The van der Waals surface area contributed by atoms with E-state index in [2.05, 4.69) is 80.6 Å². The molecule has 1 aromatic heterocycles. The molecular formula is C27H33N. The van der Waals surface area contributed by atoms with Gasteiger partial charge in [0.2, 0.25) is 0 Å². The Bertz CT molecular complexity index is 797. The number of aryl methyl sites for hydroxylation is 2. The summed E-state index contributed by atoms with van der Waals surface area (Å²) in [5, 5.41) is 0. The molecule has 0 saturated carbocycles. The van der Waals surface area contributed by atoms with Crippen LogP contribution in [0.3, 0.4) is 0 Å². The Labute approximate surface area is 170 Å². The topological polar surface area (TPSA) is 12.9 Å². The highest BCUT2D eigenvalue weighted by molar-refractivity contribution is 5.66. The van der Waals surface area contributed by atoms with Gasteiger partial charge in [-0.15, -0.1) is 0 Å². The van der Waals surface area contributed by atoms with Crippen LogP contribution < -0.4 is 0 Å². The molecule has 1 heterocycles. The molecule has 1 nitrogen and oxygen atoms in total. The fourth-order valence-electron chi connectivity index (χ4n) is 3.69. The number of unbranched alkanes of at least 4 members (excludes halogenated alkanes) is 4. The molecule has 0 bridgehead atoms. The summed E-state index contributed by atoms with van der Waals surface area (Å²) in [7, 11) is 0. The minimum Gasteiger partial charge on any atom is -0.248 e. The van der Waals surface area contributed by atoms with E-state index in [1.54, 1.807) is 0 Å². The molecule has 0 saturated heterocycles. The van der Waals surface area contributed by atoms with Crippen molar-refractivity contribution < 1.29 is 0 Å². The Morgan fingerprint density at radius 2 is 1.04 bits per heavy atom. The van der Waals surface area contributed by atoms with Crippen molar-refractivity contribution in [3.05, 3.63) is 77.9 Å². The van der Waals surface area contributed by atoms with E-state index in [0.29, 0.717) is 0 Å². The quantitative estimate of drug-likeness (QED) is 0.330. The van der Waals surface area contributed by atoms with Crippen LogP contribution in [0, 0.1) is 0 Å². The summed E-state index contributed by atoms with van der Waals surface area (Å²) in [6, 6.07) is 24.2. The van der Waals surface area contributed by atoms with Crippen LogP contribution in [-0.2, 0) is 12.8 Å². The van der Waals surface area contributed by atoms with Crippen molar-refractivity contribution >= 4 is 0 Å². The van der Waals surface area contributed by atoms with Crippen LogP contribution in [-0.4, -0.2) is 4.98 Å². The van der Waals surface area contributed by atoms with E-state index >= 15 is 0 Å². The SMILES string of the molecule is CCCCCc1cccc(-c2cccc(-c3cccc(CCCCC)c3)n2)c1. The first-order valence-corrected chi connectivity index (χ1v) is 11.0. The molecule has 0 aliphatic rings. The molecule has 2 aromatic carbocycles. The van der Waals surface area contributed by atoms with Gasteiger partial charge in [-0.25, -0.2) is 4.98 Å². The molecule has 146 valence electrons. The van der Waals surface area contributed by atoms with Crippen LogP contribution in [0.5, 0.6) is 0 Å². The van der Waals surface area contributed by atoms with Crippen molar-refractivity contribution in [2.75, 3.05) is 0 Å². The van der Waals surface area contributed by atoms with Gasteiger partial charge in [-0.2, -0.15) is 0 Å². The second-order valence-corrected chi connectivity index (χ2v) is 7.72. The highest BCUT2D eigenvalue weighted by Gasteiger charge is 2.05. The van der Waals surface area contributed by atoms with E-state index in [1.807, 2.05) is 0 Å². The third kappa shape index (κ3) is 5.79. The Kier molecular flexibility index (Phi) is 7.84. The number of nitrogens with zero attached hydrogens (tertiary/aromatic N) is 1. The molecule has 0 fully saturated rings. The molecular weight excluding hydrogens is 338 g/mol. The second kappa shape index (κ2) is 10.8. The molecule has 1 heteroatoms. The maximum absolute atomic E-state index is 4.99. The maximum atomic E-state index is 4.99. The molecule has 0 radical (unpaired) electrons. The fourth-order valence-corrected chi connectivity index (χ4v) is 3.69. The van der Waals surface area contributed by atoms with Gasteiger partial charge in [0, 0.05) is 11.1 Å². The fraction of sp³-hybridized carbons (Fsp3) is 0.370. The number of benzene rings is 2. The van der Waals surface area contributed by atoms with E-state index in [0.717, 1.165) is 24.2 Å². The van der Waals surface area contributed by atoms with Crippen molar-refractivity contribution in [1.82, 2.24) is 4.98 Å². The molecule has 0 unspecified atom stereocenters. The Morgan fingerprint density at radius 3 is 1.50 bits per heavy atom. The van der Waals surface area contributed by atoms with Gasteiger partial charge in [0.15, 0.2) is 0 Å². The molecule has 0 N–H and O–H groups in total. The number of aromatic nitrogens is 1. The van der Waals surface area contributed by atoms with Gasteiger partial charge in [-0.3, -0.25) is 0 Å². The van der Waals surface area contributed by atoms with E-state index in [4.69, 9.17) is 4.98 Å². The number of pyridine rings is 1. The van der Waals surface area contributed by atoms with Crippen molar-refractivity contribution in [1.29, 1.82) is 0 Å². The summed E-state index contributed by atoms with van der Waals surface area (Å²) in [6.45, 7) is 4.51. The van der Waals surface area contributed by atoms with E-state index < -0.39 is 0 Å². The van der Waals surface area contributed by atoms with Crippen LogP contribution >= 0.6 is 0 Å². The lowest BCUT2D eigenvalue weighted by molar-refractivity contribution is 0.717. The largest absolute Gasteiger partial charge is 0.248 e. The van der Waals surface area contributed by atoms with Gasteiger partial charge in [-0.05, 0) is 61.1 Å². The van der Waals surface area contributed by atoms with Crippen molar-refractivity contribution in [2.24, 2.45) is 0 Å². The minimum absolute atomic E-state index is 1.06. The first-order valence-electron chi connectivity index (χ1n) is 11.0. The summed E-state index contributed by atoms with van der Waals surface area (Å²) in [5.74, 6) is 0. The van der Waals surface area contributed by atoms with Gasteiger partial charge in [0.25, 0.3) is 0 Å². The third-order valence-corrected chi connectivity index (χ3v) is 5.33. The monoisotopic (exact) mass is 371 g/mol. The van der Waals surface area contributed by atoms with E-state index in [9.17, 15) is 0 Å². The number of rotatable bonds is 10. The predicted molar refractivity (Wildman–Crippen MR) is 122 cm³/mol. The van der Waals surface area contributed by atoms with Gasteiger partial charge >= 0.3 is 0 Å². The lowest BCUT2D eigenvalue weighted by atomic mass is 10.0. The van der Waals surface area contributed by atoms with E-state index in [-0.39, 0.29) is 0 Å². The van der Waals surface area contributed by atoms with Crippen LogP contribution in [0.15, 0.2) is 66.7 Å². The van der Waals surface area contributed by atoms with Gasteiger partial charge in [0.05, 0.1) is 11.4 Å². The predicted octanol–water partition coefficient (Wildman–Crippen LogP) is 7.88.